The third-order valence-corrected chi connectivity index (χ3v) is 5.26. The van der Waals surface area contributed by atoms with Gasteiger partial charge in [-0.2, -0.15) is 0 Å². The van der Waals surface area contributed by atoms with Gasteiger partial charge >= 0.3 is 0 Å². The Balaban J connectivity index is 2.18. The summed E-state index contributed by atoms with van der Waals surface area (Å²) in [5.74, 6) is 0.657. The second-order valence-electron chi connectivity index (χ2n) is 6.42. The van der Waals surface area contributed by atoms with Gasteiger partial charge in [-0.3, -0.25) is 0 Å². The Kier molecular flexibility index (Phi) is 3.26. The maximum absolute atomic E-state index is 2.36. The van der Waals surface area contributed by atoms with Gasteiger partial charge in [0.1, 0.15) is 0 Å². The van der Waals surface area contributed by atoms with Gasteiger partial charge in [-0.1, -0.05) is 68.5 Å². The average Bonchev–Trinajstić information content (AvgIpc) is 2.87. The van der Waals surface area contributed by atoms with Crippen LogP contribution in [0.3, 0.4) is 0 Å². The predicted molar refractivity (Wildman–Crippen MR) is 96.4 cm³/mol. The van der Waals surface area contributed by atoms with Crippen LogP contribution in [0.2, 0.25) is 0 Å². The zero-order chi connectivity index (χ0) is 15.1. The van der Waals surface area contributed by atoms with E-state index in [1.54, 1.807) is 0 Å². The molecular weight excluding hydrogens is 264 g/mol. The van der Waals surface area contributed by atoms with Crippen molar-refractivity contribution in [3.05, 3.63) is 69.6 Å². The molecule has 0 unspecified atom stereocenters. The van der Waals surface area contributed by atoms with E-state index in [2.05, 4.69) is 68.5 Å². The third-order valence-electron chi connectivity index (χ3n) is 5.26. The Morgan fingerprint density at radius 2 is 1.77 bits per heavy atom. The fourth-order valence-corrected chi connectivity index (χ4v) is 4.01. The molecule has 0 spiro atoms. The standard InChI is InChI=1S/C22H22/c1-3-16(4-2)19-13-11-18-10-9-17-7-5-6-15-8-12-20(19)22(18)21(17)14-15/h5-13,16H,3-4,14H2,1-2H3. The van der Waals surface area contributed by atoms with Gasteiger partial charge in [0.25, 0.3) is 0 Å². The summed E-state index contributed by atoms with van der Waals surface area (Å²) in [4.78, 5) is 0. The molecule has 0 saturated heterocycles. The minimum Gasteiger partial charge on any atom is -0.0648 e. The molecule has 0 atom stereocenters. The molecule has 4 rings (SSSR count). The molecule has 0 nitrogen and oxygen atoms in total. The molecule has 0 heteroatoms. The molecule has 0 saturated carbocycles. The van der Waals surface area contributed by atoms with Crippen LogP contribution in [0.5, 0.6) is 0 Å². The van der Waals surface area contributed by atoms with Crippen molar-refractivity contribution in [2.24, 2.45) is 0 Å². The van der Waals surface area contributed by atoms with Gasteiger partial charge in [-0.25, -0.2) is 0 Å². The van der Waals surface area contributed by atoms with Crippen LogP contribution in [-0.4, -0.2) is 0 Å². The first-order valence-corrected chi connectivity index (χ1v) is 8.45. The van der Waals surface area contributed by atoms with Gasteiger partial charge in [0.2, 0.25) is 0 Å². The average molecular weight is 286 g/mol. The SMILES string of the molecule is CCC(CC)c1ccc2ccc3c4c2c1=CC=C(C=CC=3)C4. The molecule has 22 heavy (non-hydrogen) atoms. The zero-order valence-electron chi connectivity index (χ0n) is 13.4. The third kappa shape index (κ3) is 1.98. The molecule has 0 N–H and O–H groups in total. The minimum absolute atomic E-state index is 0.657. The van der Waals surface area contributed by atoms with E-state index >= 15 is 0 Å². The Bertz CT molecular complexity index is 919. The molecule has 2 aliphatic carbocycles. The molecule has 0 fully saturated rings. The van der Waals surface area contributed by atoms with Crippen LogP contribution in [0.1, 0.15) is 43.7 Å². The van der Waals surface area contributed by atoms with Crippen LogP contribution in [0, 0.1) is 0 Å². The number of benzene rings is 2. The molecule has 2 bridgehead atoms. The van der Waals surface area contributed by atoms with Crippen molar-refractivity contribution in [3.8, 4) is 0 Å². The van der Waals surface area contributed by atoms with Crippen molar-refractivity contribution in [3.63, 3.8) is 0 Å². The van der Waals surface area contributed by atoms with E-state index in [4.69, 9.17) is 0 Å². The van der Waals surface area contributed by atoms with Crippen LogP contribution in [0.15, 0.2) is 48.1 Å². The summed E-state index contributed by atoms with van der Waals surface area (Å²) in [5, 5.41) is 5.70. The van der Waals surface area contributed by atoms with Gasteiger partial charge in [-0.05, 0) is 63.1 Å². The van der Waals surface area contributed by atoms with E-state index in [1.165, 1.54) is 50.8 Å². The lowest BCUT2D eigenvalue weighted by atomic mass is 9.88. The molecule has 110 valence electrons. The highest BCUT2D eigenvalue weighted by Crippen LogP contribution is 2.26. The van der Waals surface area contributed by atoms with E-state index < -0.39 is 0 Å². The summed E-state index contributed by atoms with van der Waals surface area (Å²) in [6.45, 7) is 4.61. The smallest absolute Gasteiger partial charge is 0.00134 e. The Morgan fingerprint density at radius 1 is 0.955 bits per heavy atom. The first kappa shape index (κ1) is 13.6. The first-order chi connectivity index (χ1) is 10.8. The molecule has 2 aromatic carbocycles. The molecular formula is C22H22. The molecule has 0 amide bonds. The summed E-state index contributed by atoms with van der Waals surface area (Å²) < 4.78 is 0. The highest BCUT2D eigenvalue weighted by Gasteiger charge is 2.15. The summed E-state index contributed by atoms with van der Waals surface area (Å²) in [5.41, 5.74) is 4.44. The lowest BCUT2D eigenvalue weighted by Crippen LogP contribution is -2.18. The van der Waals surface area contributed by atoms with Crippen molar-refractivity contribution < 1.29 is 0 Å². The number of rotatable bonds is 3. The second-order valence-corrected chi connectivity index (χ2v) is 6.42. The quantitative estimate of drug-likeness (QED) is 0.786. The maximum Gasteiger partial charge on any atom is -0.00134 e. The zero-order valence-corrected chi connectivity index (χ0v) is 13.4. The van der Waals surface area contributed by atoms with Gasteiger partial charge in [0.05, 0.1) is 0 Å². The lowest BCUT2D eigenvalue weighted by Gasteiger charge is -2.16. The highest BCUT2D eigenvalue weighted by molar-refractivity contribution is 5.90. The van der Waals surface area contributed by atoms with E-state index in [-0.39, 0.29) is 0 Å². The number of allylic oxidation sites excluding steroid dienone is 4. The van der Waals surface area contributed by atoms with Crippen molar-refractivity contribution in [1.82, 2.24) is 0 Å². The second kappa shape index (κ2) is 5.28. The maximum atomic E-state index is 2.36. The largest absolute Gasteiger partial charge is 0.0648 e. The molecule has 0 heterocycles. The lowest BCUT2D eigenvalue weighted by molar-refractivity contribution is 0.639. The van der Waals surface area contributed by atoms with Gasteiger partial charge < -0.3 is 0 Å². The van der Waals surface area contributed by atoms with E-state index in [1.807, 2.05) is 0 Å². The predicted octanol–water partition coefficient (Wildman–Crippen LogP) is 4.36. The van der Waals surface area contributed by atoms with Crippen molar-refractivity contribution >= 4 is 22.9 Å². The Hall–Kier alpha value is -2.08. The minimum atomic E-state index is 0.657. The fraction of sp³-hybridized carbons (Fsp3) is 0.273. The van der Waals surface area contributed by atoms with E-state index in [9.17, 15) is 0 Å². The van der Waals surface area contributed by atoms with Gasteiger partial charge in [0.15, 0.2) is 0 Å². The molecule has 2 aliphatic rings. The fourth-order valence-electron chi connectivity index (χ4n) is 4.01. The summed E-state index contributed by atoms with van der Waals surface area (Å²) >= 11 is 0. The molecule has 2 aromatic rings. The monoisotopic (exact) mass is 286 g/mol. The Morgan fingerprint density at radius 3 is 2.59 bits per heavy atom. The van der Waals surface area contributed by atoms with Crippen LogP contribution in [0.25, 0.3) is 22.9 Å². The topological polar surface area (TPSA) is 0 Å². The van der Waals surface area contributed by atoms with Crippen LogP contribution in [-0.2, 0) is 6.42 Å². The number of fused-ring (bicyclic) bond motifs is 1. The first-order valence-electron chi connectivity index (χ1n) is 8.45. The Labute approximate surface area is 132 Å². The molecule has 0 aromatic heterocycles. The highest BCUT2D eigenvalue weighted by atomic mass is 14.2. The van der Waals surface area contributed by atoms with Crippen molar-refractivity contribution in [1.29, 1.82) is 0 Å². The van der Waals surface area contributed by atoms with Crippen LogP contribution >= 0.6 is 0 Å². The number of hydrogen-bond donors (Lipinski definition) is 0. The van der Waals surface area contributed by atoms with E-state index in [0.717, 1.165) is 6.42 Å². The summed E-state index contributed by atoms with van der Waals surface area (Å²) in [7, 11) is 0. The van der Waals surface area contributed by atoms with Crippen LogP contribution in [0.4, 0.5) is 0 Å². The van der Waals surface area contributed by atoms with Crippen molar-refractivity contribution in [2.45, 2.75) is 39.0 Å². The van der Waals surface area contributed by atoms with Crippen molar-refractivity contribution in [2.75, 3.05) is 0 Å². The van der Waals surface area contributed by atoms with Gasteiger partial charge in [0, 0.05) is 0 Å². The van der Waals surface area contributed by atoms with Gasteiger partial charge in [-0.15, -0.1) is 0 Å². The molecule has 0 aliphatic heterocycles. The van der Waals surface area contributed by atoms with Crippen LogP contribution < -0.4 is 10.4 Å². The number of hydrogen-bond acceptors (Lipinski definition) is 0. The van der Waals surface area contributed by atoms with E-state index in [0.29, 0.717) is 5.92 Å². The molecule has 0 radical (unpaired) electrons. The summed E-state index contributed by atoms with van der Waals surface area (Å²) in [6, 6.07) is 9.24. The normalized spacial score (nSPS) is 15.3. The summed E-state index contributed by atoms with van der Waals surface area (Å²) in [6.07, 6.45) is 14.9.